The summed E-state index contributed by atoms with van der Waals surface area (Å²) >= 11 is 0. The predicted octanol–water partition coefficient (Wildman–Crippen LogP) is 2.94. The Kier molecular flexibility index (Phi) is 2.03. The second-order valence-electron chi connectivity index (χ2n) is 4.48. The zero-order chi connectivity index (χ0) is 13.7. The van der Waals surface area contributed by atoms with Gasteiger partial charge >= 0.3 is 0 Å². The number of aromatic nitrogens is 3. The maximum atomic E-state index is 11.3. The number of pyridine rings is 2. The first-order valence-electron chi connectivity index (χ1n) is 6.04. The number of nitro groups is 1. The number of fused-ring (bicyclic) bond motifs is 6. The van der Waals surface area contributed by atoms with Crippen LogP contribution >= 0.6 is 0 Å². The van der Waals surface area contributed by atoms with E-state index in [1.54, 1.807) is 16.9 Å². The molecule has 20 heavy (non-hydrogen) atoms. The molecule has 4 aromatic rings. The predicted molar refractivity (Wildman–Crippen MR) is 74.7 cm³/mol. The first-order valence-corrected chi connectivity index (χ1v) is 6.04. The van der Waals surface area contributed by atoms with Gasteiger partial charge in [0, 0.05) is 10.8 Å². The van der Waals surface area contributed by atoms with Crippen LogP contribution in [-0.2, 0) is 0 Å². The van der Waals surface area contributed by atoms with Crippen molar-refractivity contribution in [1.29, 1.82) is 0 Å². The first-order chi connectivity index (χ1) is 9.77. The fraction of sp³-hybridized carbons (Fsp3) is 0. The minimum Gasteiger partial charge on any atom is -0.258 e. The molecule has 0 saturated heterocycles. The smallest absolute Gasteiger partial charge is 0.258 e. The Balaban J connectivity index is 2.43. The highest BCUT2D eigenvalue weighted by molar-refractivity contribution is 6.15. The molecule has 0 aliphatic rings. The van der Waals surface area contributed by atoms with Crippen LogP contribution in [0.5, 0.6) is 0 Å². The summed E-state index contributed by atoms with van der Waals surface area (Å²) in [5.41, 5.74) is 1.55. The molecule has 4 rings (SSSR count). The fourth-order valence-corrected chi connectivity index (χ4v) is 2.64. The zero-order valence-electron chi connectivity index (χ0n) is 10.2. The Bertz CT molecular complexity index is 990. The van der Waals surface area contributed by atoms with Crippen molar-refractivity contribution in [3.05, 3.63) is 59.0 Å². The Morgan fingerprint density at radius 2 is 1.85 bits per heavy atom. The Morgan fingerprint density at radius 3 is 2.65 bits per heavy atom. The van der Waals surface area contributed by atoms with Crippen molar-refractivity contribution in [2.75, 3.05) is 0 Å². The van der Waals surface area contributed by atoms with Crippen LogP contribution in [0.3, 0.4) is 0 Å². The van der Waals surface area contributed by atoms with E-state index in [9.17, 15) is 10.1 Å². The van der Waals surface area contributed by atoms with Crippen LogP contribution in [0.25, 0.3) is 27.2 Å². The fourth-order valence-electron chi connectivity index (χ4n) is 2.64. The minimum absolute atomic E-state index is 0.00361. The Morgan fingerprint density at radius 1 is 1.05 bits per heavy atom. The minimum atomic E-state index is -0.406. The zero-order valence-corrected chi connectivity index (χ0v) is 10.2. The molecule has 0 unspecified atom stereocenters. The number of rotatable bonds is 1. The maximum Gasteiger partial charge on any atom is 0.297 e. The van der Waals surface area contributed by atoms with Crippen LogP contribution in [0.1, 0.15) is 0 Å². The van der Waals surface area contributed by atoms with E-state index in [0.29, 0.717) is 10.9 Å². The summed E-state index contributed by atoms with van der Waals surface area (Å²) in [4.78, 5) is 14.8. The summed E-state index contributed by atoms with van der Waals surface area (Å²) < 4.78 is 1.69. The summed E-state index contributed by atoms with van der Waals surface area (Å²) in [5.74, 6) is 0. The van der Waals surface area contributed by atoms with Gasteiger partial charge in [-0.1, -0.05) is 24.3 Å². The topological polar surface area (TPSA) is 73.3 Å². The number of hydrogen-bond acceptors (Lipinski definition) is 4. The van der Waals surface area contributed by atoms with E-state index in [0.717, 1.165) is 16.3 Å². The summed E-state index contributed by atoms with van der Waals surface area (Å²) in [6, 6.07) is 9.50. The maximum absolute atomic E-state index is 11.3. The molecular weight excluding hydrogens is 256 g/mol. The summed E-state index contributed by atoms with van der Waals surface area (Å²) in [6.45, 7) is 0. The summed E-state index contributed by atoms with van der Waals surface area (Å²) in [5, 5.41) is 17.9. The highest BCUT2D eigenvalue weighted by Crippen LogP contribution is 2.33. The lowest BCUT2D eigenvalue weighted by atomic mass is 10.1. The molecule has 0 fully saturated rings. The quantitative estimate of drug-likeness (QED) is 0.301. The lowest BCUT2D eigenvalue weighted by Gasteiger charge is -2.07. The van der Waals surface area contributed by atoms with Crippen LogP contribution in [0, 0.1) is 10.1 Å². The van der Waals surface area contributed by atoms with Gasteiger partial charge in [-0.2, -0.15) is 5.10 Å². The average Bonchev–Trinajstić information content (AvgIpc) is 2.96. The van der Waals surface area contributed by atoms with E-state index in [1.807, 2.05) is 30.3 Å². The molecule has 1 aromatic carbocycles. The van der Waals surface area contributed by atoms with Gasteiger partial charge in [-0.15, -0.1) is 0 Å². The van der Waals surface area contributed by atoms with Crippen molar-refractivity contribution >= 4 is 32.9 Å². The molecular formula is C14H8N4O2. The standard InChI is InChI=1S/C14H8N4O2/c19-18(20)13-8-15-7-12-14(13)10-4-2-1-3-9(10)11-5-6-16-17(11)12/h1-8H. The molecule has 0 amide bonds. The van der Waals surface area contributed by atoms with Gasteiger partial charge in [-0.3, -0.25) is 15.1 Å². The lowest BCUT2D eigenvalue weighted by Crippen LogP contribution is -1.97. The van der Waals surface area contributed by atoms with Crippen LogP contribution in [-0.4, -0.2) is 19.5 Å². The highest BCUT2D eigenvalue weighted by Gasteiger charge is 2.18. The average molecular weight is 264 g/mol. The molecule has 6 nitrogen and oxygen atoms in total. The molecule has 0 spiro atoms. The van der Waals surface area contributed by atoms with E-state index >= 15 is 0 Å². The van der Waals surface area contributed by atoms with E-state index in [1.165, 1.54) is 6.20 Å². The van der Waals surface area contributed by atoms with Gasteiger partial charge in [0.05, 0.1) is 33.7 Å². The second-order valence-corrected chi connectivity index (χ2v) is 4.48. The van der Waals surface area contributed by atoms with Gasteiger partial charge in [-0.25, -0.2) is 4.52 Å². The van der Waals surface area contributed by atoms with E-state index in [4.69, 9.17) is 0 Å². The molecule has 3 heterocycles. The van der Waals surface area contributed by atoms with Crippen LogP contribution in [0.4, 0.5) is 5.69 Å². The number of benzene rings is 1. The first kappa shape index (κ1) is 10.9. The molecule has 96 valence electrons. The number of hydrogen-bond donors (Lipinski definition) is 0. The summed E-state index contributed by atoms with van der Waals surface area (Å²) in [7, 11) is 0. The van der Waals surface area contributed by atoms with E-state index in [-0.39, 0.29) is 5.69 Å². The van der Waals surface area contributed by atoms with Gasteiger partial charge in [0.15, 0.2) is 0 Å². The summed E-state index contributed by atoms with van der Waals surface area (Å²) in [6.07, 6.45) is 4.57. The van der Waals surface area contributed by atoms with Gasteiger partial charge in [0.1, 0.15) is 6.20 Å². The van der Waals surface area contributed by atoms with Crippen molar-refractivity contribution in [3.63, 3.8) is 0 Å². The van der Waals surface area contributed by atoms with Crippen molar-refractivity contribution in [2.24, 2.45) is 0 Å². The molecule has 0 bridgehead atoms. The van der Waals surface area contributed by atoms with Gasteiger partial charge in [0.2, 0.25) is 0 Å². The molecule has 3 aromatic heterocycles. The molecule has 6 heteroatoms. The molecule has 0 atom stereocenters. The van der Waals surface area contributed by atoms with Crippen LogP contribution in [0.15, 0.2) is 48.9 Å². The molecule has 0 saturated carbocycles. The van der Waals surface area contributed by atoms with Gasteiger partial charge < -0.3 is 0 Å². The molecule has 0 aliphatic carbocycles. The SMILES string of the molecule is O=[N+]([O-])c1cncc2c1c1ccccc1c1ccnn12. The van der Waals surface area contributed by atoms with Crippen molar-refractivity contribution in [3.8, 4) is 0 Å². The third kappa shape index (κ3) is 1.27. The highest BCUT2D eigenvalue weighted by atomic mass is 16.6. The second kappa shape index (κ2) is 3.74. The van der Waals surface area contributed by atoms with Crippen LogP contribution < -0.4 is 0 Å². The Hall–Kier alpha value is -3.02. The molecule has 0 aliphatic heterocycles. The number of nitrogens with zero attached hydrogens (tertiary/aromatic N) is 4. The monoisotopic (exact) mass is 264 g/mol. The third-order valence-electron chi connectivity index (χ3n) is 3.45. The van der Waals surface area contributed by atoms with Gasteiger partial charge in [0.25, 0.3) is 5.69 Å². The van der Waals surface area contributed by atoms with Crippen LogP contribution in [0.2, 0.25) is 0 Å². The molecule has 0 N–H and O–H groups in total. The normalized spacial score (nSPS) is 11.4. The molecule has 0 radical (unpaired) electrons. The van der Waals surface area contributed by atoms with Crippen molar-refractivity contribution in [1.82, 2.24) is 14.6 Å². The third-order valence-corrected chi connectivity index (χ3v) is 3.45. The largest absolute Gasteiger partial charge is 0.297 e. The van der Waals surface area contributed by atoms with Crippen molar-refractivity contribution < 1.29 is 4.92 Å². The lowest BCUT2D eigenvalue weighted by molar-refractivity contribution is -0.383. The van der Waals surface area contributed by atoms with Crippen molar-refractivity contribution in [2.45, 2.75) is 0 Å². The van der Waals surface area contributed by atoms with E-state index in [2.05, 4.69) is 10.1 Å². The Labute approximate surface area is 112 Å². The van der Waals surface area contributed by atoms with Gasteiger partial charge in [-0.05, 0) is 6.07 Å². The van der Waals surface area contributed by atoms with E-state index < -0.39 is 4.92 Å².